The molecule has 12 heavy (non-hydrogen) atoms. The Morgan fingerprint density at radius 3 is 2.17 bits per heavy atom. The van der Waals surface area contributed by atoms with Crippen molar-refractivity contribution < 1.29 is 13.5 Å². The minimum Gasteiger partial charge on any atom is -0.319 e. The zero-order valence-electron chi connectivity index (χ0n) is 8.02. The lowest BCUT2D eigenvalue weighted by molar-refractivity contribution is -0.169. The van der Waals surface area contributed by atoms with Crippen molar-refractivity contribution in [3.63, 3.8) is 0 Å². The second kappa shape index (κ2) is 6.35. The van der Waals surface area contributed by atoms with Crippen molar-refractivity contribution >= 4 is 0 Å². The third kappa shape index (κ3) is 4.00. The van der Waals surface area contributed by atoms with E-state index in [0.717, 1.165) is 19.3 Å². The highest BCUT2D eigenvalue weighted by atomic mass is 19.3. The predicted octanol–water partition coefficient (Wildman–Crippen LogP) is 3.44. The van der Waals surface area contributed by atoms with E-state index >= 15 is 0 Å². The average molecular weight is 180 g/mol. The van der Waals surface area contributed by atoms with Gasteiger partial charge in [-0.2, -0.15) is 8.78 Å². The van der Waals surface area contributed by atoms with Crippen LogP contribution in [0.4, 0.5) is 8.78 Å². The van der Waals surface area contributed by atoms with Gasteiger partial charge in [-0.25, -0.2) is 0 Å². The van der Waals surface area contributed by atoms with Crippen molar-refractivity contribution in [2.75, 3.05) is 0 Å². The van der Waals surface area contributed by atoms with Gasteiger partial charge in [0.15, 0.2) is 0 Å². The van der Waals surface area contributed by atoms with Crippen LogP contribution in [-0.2, 0) is 4.74 Å². The molecule has 1 fully saturated rings. The van der Waals surface area contributed by atoms with Gasteiger partial charge in [-0.15, -0.1) is 0 Å². The number of alkyl halides is 2. The molecule has 0 bridgehead atoms. The van der Waals surface area contributed by atoms with Gasteiger partial charge in [0, 0.05) is 0 Å². The maximum absolute atomic E-state index is 11.6. The zero-order valence-corrected chi connectivity index (χ0v) is 8.02. The van der Waals surface area contributed by atoms with Crippen LogP contribution in [0.5, 0.6) is 0 Å². The van der Waals surface area contributed by atoms with Crippen LogP contribution in [0.25, 0.3) is 0 Å². The van der Waals surface area contributed by atoms with Crippen LogP contribution in [0.2, 0.25) is 0 Å². The Bertz CT molecular complexity index is 107. The van der Waals surface area contributed by atoms with Gasteiger partial charge < -0.3 is 4.74 Å². The third-order valence-corrected chi connectivity index (χ3v) is 2.06. The second-order valence-electron chi connectivity index (χ2n) is 2.84. The summed E-state index contributed by atoms with van der Waals surface area (Å²) in [5.41, 5.74) is 0. The normalized spacial score (nSPS) is 28.5. The summed E-state index contributed by atoms with van der Waals surface area (Å²) in [6.45, 7) is 3.37. The molecule has 0 aromatic heterocycles. The largest absolute Gasteiger partial charge is 0.345 e. The van der Waals surface area contributed by atoms with E-state index in [1.165, 1.54) is 0 Å². The van der Waals surface area contributed by atoms with E-state index in [2.05, 4.69) is 4.74 Å². The van der Waals surface area contributed by atoms with Crippen LogP contribution in [-0.4, -0.2) is 12.7 Å². The maximum Gasteiger partial charge on any atom is 0.345 e. The van der Waals surface area contributed by atoms with Crippen LogP contribution in [0.1, 0.15) is 40.0 Å². The summed E-state index contributed by atoms with van der Waals surface area (Å²) >= 11 is 0. The smallest absolute Gasteiger partial charge is 0.319 e. The molecule has 1 aliphatic carbocycles. The van der Waals surface area contributed by atoms with Gasteiger partial charge in [-0.05, 0) is 18.8 Å². The molecule has 0 spiro atoms. The molecule has 0 amide bonds. The minimum absolute atomic E-state index is 0.194. The molecule has 0 N–H and O–H groups in total. The predicted molar refractivity (Wildman–Crippen MR) is 45.2 cm³/mol. The van der Waals surface area contributed by atoms with Crippen LogP contribution < -0.4 is 0 Å². The third-order valence-electron chi connectivity index (χ3n) is 2.06. The SMILES string of the molecule is CC.CC1CCCC1OC(F)F. The minimum atomic E-state index is -2.59. The molecular weight excluding hydrogens is 162 g/mol. The van der Waals surface area contributed by atoms with E-state index in [1.807, 2.05) is 20.8 Å². The number of hydrogen-bond donors (Lipinski definition) is 0. The summed E-state index contributed by atoms with van der Waals surface area (Å²) in [7, 11) is 0. The summed E-state index contributed by atoms with van der Waals surface area (Å²) in [5, 5.41) is 0. The molecule has 0 heterocycles. The molecule has 1 aliphatic rings. The first-order valence-electron chi connectivity index (χ1n) is 4.64. The zero-order chi connectivity index (χ0) is 9.56. The van der Waals surface area contributed by atoms with E-state index in [9.17, 15) is 8.78 Å². The maximum atomic E-state index is 11.6. The van der Waals surface area contributed by atoms with Crippen molar-refractivity contribution in [2.45, 2.75) is 52.7 Å². The van der Waals surface area contributed by atoms with Crippen molar-refractivity contribution in [1.82, 2.24) is 0 Å². The number of ether oxygens (including phenoxy) is 1. The molecule has 3 heteroatoms. The number of halogens is 2. The molecule has 1 rings (SSSR count). The highest BCUT2D eigenvalue weighted by Gasteiger charge is 2.26. The summed E-state index contributed by atoms with van der Waals surface area (Å²) < 4.78 is 27.7. The highest BCUT2D eigenvalue weighted by Crippen LogP contribution is 2.28. The molecule has 1 nitrogen and oxygen atoms in total. The fourth-order valence-corrected chi connectivity index (χ4v) is 1.45. The highest BCUT2D eigenvalue weighted by molar-refractivity contribution is 4.74. The van der Waals surface area contributed by atoms with E-state index in [4.69, 9.17) is 0 Å². The van der Waals surface area contributed by atoms with Gasteiger partial charge >= 0.3 is 6.61 Å². The van der Waals surface area contributed by atoms with E-state index in [1.54, 1.807) is 0 Å². The molecule has 0 saturated heterocycles. The van der Waals surface area contributed by atoms with Gasteiger partial charge in [0.2, 0.25) is 0 Å². The molecule has 2 atom stereocenters. The standard InChI is InChI=1S/C7H12F2O.C2H6/c1-5-3-2-4-6(5)10-7(8)9;1-2/h5-7H,2-4H2,1H3;1-2H3. The fourth-order valence-electron chi connectivity index (χ4n) is 1.45. The van der Waals surface area contributed by atoms with Gasteiger partial charge in [-0.1, -0.05) is 27.2 Å². The van der Waals surface area contributed by atoms with Gasteiger partial charge in [0.1, 0.15) is 0 Å². The van der Waals surface area contributed by atoms with Gasteiger partial charge in [-0.3, -0.25) is 0 Å². The van der Waals surface area contributed by atoms with Gasteiger partial charge in [0.05, 0.1) is 6.10 Å². The molecular formula is C9H18F2O. The Morgan fingerprint density at radius 2 is 1.83 bits per heavy atom. The van der Waals surface area contributed by atoms with Crippen LogP contribution in [0.3, 0.4) is 0 Å². The summed E-state index contributed by atoms with van der Waals surface area (Å²) in [5.74, 6) is 0.314. The molecule has 74 valence electrons. The monoisotopic (exact) mass is 180 g/mol. The van der Waals surface area contributed by atoms with E-state index < -0.39 is 6.61 Å². The molecule has 2 unspecified atom stereocenters. The summed E-state index contributed by atoms with van der Waals surface area (Å²) in [6.07, 6.45) is 2.65. The molecule has 1 saturated carbocycles. The lowest BCUT2D eigenvalue weighted by Gasteiger charge is -2.14. The summed E-state index contributed by atoms with van der Waals surface area (Å²) in [6, 6.07) is 0. The van der Waals surface area contributed by atoms with Crippen molar-refractivity contribution in [1.29, 1.82) is 0 Å². The van der Waals surface area contributed by atoms with Crippen LogP contribution >= 0.6 is 0 Å². The fraction of sp³-hybridized carbons (Fsp3) is 1.00. The van der Waals surface area contributed by atoms with Crippen molar-refractivity contribution in [3.05, 3.63) is 0 Å². The van der Waals surface area contributed by atoms with E-state index in [-0.39, 0.29) is 6.10 Å². The number of rotatable bonds is 2. The average Bonchev–Trinajstić information content (AvgIpc) is 2.40. The first kappa shape index (κ1) is 11.8. The van der Waals surface area contributed by atoms with Gasteiger partial charge in [0.25, 0.3) is 0 Å². The second-order valence-corrected chi connectivity index (χ2v) is 2.84. The van der Waals surface area contributed by atoms with Crippen molar-refractivity contribution in [2.24, 2.45) is 5.92 Å². The molecule has 0 aromatic carbocycles. The Hall–Kier alpha value is -0.180. The Balaban J connectivity index is 0.000000561. The van der Waals surface area contributed by atoms with Crippen molar-refractivity contribution in [3.8, 4) is 0 Å². The Kier molecular flexibility index (Phi) is 6.25. The van der Waals surface area contributed by atoms with Crippen LogP contribution in [0, 0.1) is 5.92 Å². The lowest BCUT2D eigenvalue weighted by atomic mass is 10.1. The quantitative estimate of drug-likeness (QED) is 0.632. The topological polar surface area (TPSA) is 9.23 Å². The first-order chi connectivity index (χ1) is 5.70. The molecule has 0 aromatic rings. The lowest BCUT2D eigenvalue weighted by Crippen LogP contribution is -2.18. The Labute approximate surface area is 73.1 Å². The molecule has 0 aliphatic heterocycles. The first-order valence-corrected chi connectivity index (χ1v) is 4.64. The van der Waals surface area contributed by atoms with Crippen LogP contribution in [0.15, 0.2) is 0 Å². The summed E-state index contributed by atoms with van der Waals surface area (Å²) in [4.78, 5) is 0. The molecule has 0 radical (unpaired) electrons. The Morgan fingerprint density at radius 1 is 1.25 bits per heavy atom. The number of hydrogen-bond acceptors (Lipinski definition) is 1. The van der Waals surface area contributed by atoms with E-state index in [0.29, 0.717) is 5.92 Å².